The maximum Gasteiger partial charge on any atom is 0.0419 e. The SMILES string of the molecule is Cl.N[C@@H](c1cccs1)C1CCNCC1. The molecule has 3 N–H and O–H groups in total. The van der Waals surface area contributed by atoms with Crippen molar-refractivity contribution in [2.45, 2.75) is 18.9 Å². The van der Waals surface area contributed by atoms with Crippen molar-refractivity contribution in [3.63, 3.8) is 0 Å². The van der Waals surface area contributed by atoms with E-state index >= 15 is 0 Å². The maximum absolute atomic E-state index is 6.20. The first kappa shape index (κ1) is 12.0. The van der Waals surface area contributed by atoms with Crippen LogP contribution in [0.3, 0.4) is 0 Å². The third-order valence-corrected chi connectivity index (χ3v) is 3.74. The molecular formula is C10H17ClN2S. The molecule has 0 radical (unpaired) electrons. The number of thiophene rings is 1. The Labute approximate surface area is 95.3 Å². The fourth-order valence-electron chi connectivity index (χ4n) is 1.92. The third-order valence-electron chi connectivity index (χ3n) is 2.76. The van der Waals surface area contributed by atoms with Crippen molar-refractivity contribution in [3.05, 3.63) is 22.4 Å². The average Bonchev–Trinajstić information content (AvgIpc) is 2.71. The number of nitrogens with two attached hydrogens (primary N) is 1. The molecule has 2 heterocycles. The summed E-state index contributed by atoms with van der Waals surface area (Å²) in [5, 5.41) is 5.47. The molecule has 1 aliphatic heterocycles. The first-order valence-corrected chi connectivity index (χ1v) is 5.75. The molecule has 14 heavy (non-hydrogen) atoms. The van der Waals surface area contributed by atoms with Crippen molar-refractivity contribution in [3.8, 4) is 0 Å². The number of rotatable bonds is 2. The molecule has 0 amide bonds. The van der Waals surface area contributed by atoms with Crippen LogP contribution in [0.15, 0.2) is 17.5 Å². The van der Waals surface area contributed by atoms with Crippen LogP contribution in [0.5, 0.6) is 0 Å². The quantitative estimate of drug-likeness (QED) is 0.820. The Kier molecular flexibility index (Phi) is 4.89. The second-order valence-electron chi connectivity index (χ2n) is 3.63. The largest absolute Gasteiger partial charge is 0.323 e. The van der Waals surface area contributed by atoms with Crippen molar-refractivity contribution in [2.24, 2.45) is 11.7 Å². The van der Waals surface area contributed by atoms with E-state index in [0.717, 1.165) is 13.1 Å². The standard InChI is InChI=1S/C10H16N2S.ClH/c11-10(9-2-1-7-13-9)8-3-5-12-6-4-8;/h1-2,7-8,10,12H,3-6,11H2;1H/t10-;/m1./s1. The predicted octanol–water partition coefficient (Wildman–Crippen LogP) is 2.17. The Morgan fingerprint density at radius 3 is 2.71 bits per heavy atom. The predicted molar refractivity (Wildman–Crippen MR) is 64.1 cm³/mol. The zero-order valence-corrected chi connectivity index (χ0v) is 9.74. The van der Waals surface area contributed by atoms with Crippen LogP contribution >= 0.6 is 23.7 Å². The topological polar surface area (TPSA) is 38.0 Å². The lowest BCUT2D eigenvalue weighted by Gasteiger charge is -2.27. The van der Waals surface area contributed by atoms with Crippen LogP contribution < -0.4 is 11.1 Å². The van der Waals surface area contributed by atoms with Gasteiger partial charge in [-0.05, 0) is 43.3 Å². The summed E-state index contributed by atoms with van der Waals surface area (Å²) < 4.78 is 0. The van der Waals surface area contributed by atoms with Gasteiger partial charge in [0.2, 0.25) is 0 Å². The van der Waals surface area contributed by atoms with Crippen LogP contribution in [0, 0.1) is 5.92 Å². The lowest BCUT2D eigenvalue weighted by molar-refractivity contribution is 0.325. The van der Waals surface area contributed by atoms with E-state index in [1.165, 1.54) is 17.7 Å². The Balaban J connectivity index is 0.000000980. The van der Waals surface area contributed by atoms with Crippen LogP contribution in [0.1, 0.15) is 23.8 Å². The summed E-state index contributed by atoms with van der Waals surface area (Å²) >= 11 is 1.78. The minimum atomic E-state index is 0. The summed E-state index contributed by atoms with van der Waals surface area (Å²) in [5.41, 5.74) is 6.20. The molecule has 80 valence electrons. The van der Waals surface area contributed by atoms with Gasteiger partial charge in [-0.1, -0.05) is 6.07 Å². The van der Waals surface area contributed by atoms with E-state index in [2.05, 4.69) is 22.8 Å². The van der Waals surface area contributed by atoms with E-state index < -0.39 is 0 Å². The van der Waals surface area contributed by atoms with Gasteiger partial charge in [-0.2, -0.15) is 0 Å². The van der Waals surface area contributed by atoms with Gasteiger partial charge in [-0.3, -0.25) is 0 Å². The normalized spacial score (nSPS) is 20.1. The second-order valence-corrected chi connectivity index (χ2v) is 4.61. The molecule has 1 atom stereocenters. The molecule has 0 bridgehead atoms. The summed E-state index contributed by atoms with van der Waals surface area (Å²) in [6.07, 6.45) is 2.44. The van der Waals surface area contributed by atoms with Gasteiger partial charge in [0, 0.05) is 10.9 Å². The van der Waals surface area contributed by atoms with E-state index in [4.69, 9.17) is 5.73 Å². The van der Waals surface area contributed by atoms with Crippen molar-refractivity contribution < 1.29 is 0 Å². The maximum atomic E-state index is 6.20. The molecule has 1 aromatic heterocycles. The van der Waals surface area contributed by atoms with Gasteiger partial charge in [0.05, 0.1) is 0 Å². The molecule has 0 spiro atoms. The summed E-state index contributed by atoms with van der Waals surface area (Å²) in [6.45, 7) is 2.26. The molecule has 0 unspecified atom stereocenters. The van der Waals surface area contributed by atoms with Crippen molar-refractivity contribution in [1.82, 2.24) is 5.32 Å². The molecule has 1 aliphatic rings. The van der Waals surface area contributed by atoms with Gasteiger partial charge >= 0.3 is 0 Å². The fourth-order valence-corrected chi connectivity index (χ4v) is 2.74. The fraction of sp³-hybridized carbons (Fsp3) is 0.600. The second kappa shape index (κ2) is 5.71. The van der Waals surface area contributed by atoms with Gasteiger partial charge in [0.1, 0.15) is 0 Å². The first-order valence-electron chi connectivity index (χ1n) is 4.87. The minimum absolute atomic E-state index is 0. The van der Waals surface area contributed by atoms with Crippen molar-refractivity contribution in [2.75, 3.05) is 13.1 Å². The Morgan fingerprint density at radius 1 is 1.43 bits per heavy atom. The zero-order chi connectivity index (χ0) is 9.10. The van der Waals surface area contributed by atoms with Gasteiger partial charge < -0.3 is 11.1 Å². The van der Waals surface area contributed by atoms with Crippen LogP contribution in [0.25, 0.3) is 0 Å². The van der Waals surface area contributed by atoms with E-state index in [1.54, 1.807) is 11.3 Å². The van der Waals surface area contributed by atoms with E-state index in [1.807, 2.05) is 0 Å². The number of halogens is 1. The van der Waals surface area contributed by atoms with E-state index in [0.29, 0.717) is 5.92 Å². The summed E-state index contributed by atoms with van der Waals surface area (Å²) in [7, 11) is 0. The molecular weight excluding hydrogens is 216 g/mol. The number of hydrogen-bond acceptors (Lipinski definition) is 3. The molecule has 1 saturated heterocycles. The third kappa shape index (κ3) is 2.70. The molecule has 0 aliphatic carbocycles. The van der Waals surface area contributed by atoms with E-state index in [-0.39, 0.29) is 18.4 Å². The molecule has 0 aromatic carbocycles. The lowest BCUT2D eigenvalue weighted by atomic mass is 9.90. The van der Waals surface area contributed by atoms with Crippen LogP contribution in [0.2, 0.25) is 0 Å². The Morgan fingerprint density at radius 2 is 2.14 bits per heavy atom. The molecule has 2 rings (SSSR count). The van der Waals surface area contributed by atoms with Crippen molar-refractivity contribution >= 4 is 23.7 Å². The highest BCUT2D eigenvalue weighted by molar-refractivity contribution is 7.10. The summed E-state index contributed by atoms with van der Waals surface area (Å²) in [5.74, 6) is 0.680. The average molecular weight is 233 g/mol. The highest BCUT2D eigenvalue weighted by Gasteiger charge is 2.21. The Bertz CT molecular complexity index is 245. The van der Waals surface area contributed by atoms with Crippen LogP contribution in [-0.2, 0) is 0 Å². The summed E-state index contributed by atoms with van der Waals surface area (Å²) in [6, 6.07) is 4.50. The van der Waals surface area contributed by atoms with Gasteiger partial charge in [-0.15, -0.1) is 23.7 Å². The molecule has 2 nitrogen and oxygen atoms in total. The minimum Gasteiger partial charge on any atom is -0.323 e. The Hall–Kier alpha value is -0.0900. The molecule has 1 aromatic rings. The van der Waals surface area contributed by atoms with Crippen LogP contribution in [0.4, 0.5) is 0 Å². The number of hydrogen-bond donors (Lipinski definition) is 2. The molecule has 4 heteroatoms. The number of piperidine rings is 1. The lowest BCUT2D eigenvalue weighted by Crippen LogP contribution is -2.33. The van der Waals surface area contributed by atoms with Gasteiger partial charge in [0.15, 0.2) is 0 Å². The van der Waals surface area contributed by atoms with Gasteiger partial charge in [0.25, 0.3) is 0 Å². The smallest absolute Gasteiger partial charge is 0.0419 e. The highest BCUT2D eigenvalue weighted by Crippen LogP contribution is 2.29. The van der Waals surface area contributed by atoms with Crippen LogP contribution in [-0.4, -0.2) is 13.1 Å². The highest BCUT2D eigenvalue weighted by atomic mass is 35.5. The van der Waals surface area contributed by atoms with Crippen molar-refractivity contribution in [1.29, 1.82) is 0 Å². The zero-order valence-electron chi connectivity index (χ0n) is 8.11. The first-order chi connectivity index (χ1) is 6.38. The van der Waals surface area contributed by atoms with Gasteiger partial charge in [-0.25, -0.2) is 0 Å². The summed E-state index contributed by atoms with van der Waals surface area (Å²) in [4.78, 5) is 1.34. The molecule has 1 fully saturated rings. The number of nitrogens with one attached hydrogen (secondary N) is 1. The molecule has 0 saturated carbocycles. The monoisotopic (exact) mass is 232 g/mol. The van der Waals surface area contributed by atoms with E-state index in [9.17, 15) is 0 Å².